The van der Waals surface area contributed by atoms with E-state index in [1.165, 1.54) is 0 Å². The molecule has 0 aliphatic heterocycles. The number of benzene rings is 1. The molecule has 13 heavy (non-hydrogen) atoms. The summed E-state index contributed by atoms with van der Waals surface area (Å²) in [4.78, 5) is 10.4. The number of carbonyl (C=O) groups excluding carboxylic acids is 1. The third-order valence-electron chi connectivity index (χ3n) is 1.78. The van der Waals surface area contributed by atoms with Gasteiger partial charge in [0.2, 0.25) is 0 Å². The first-order valence-corrected chi connectivity index (χ1v) is 4.78. The minimum Gasteiger partial charge on any atom is -0.303 e. The first-order valence-electron chi connectivity index (χ1n) is 4.02. The summed E-state index contributed by atoms with van der Waals surface area (Å²) in [5.41, 5.74) is 0.925. The fourth-order valence-corrected chi connectivity index (χ4v) is 1.48. The molecule has 0 N–H and O–H groups in total. The van der Waals surface area contributed by atoms with Crippen molar-refractivity contribution in [2.75, 3.05) is 0 Å². The highest BCUT2D eigenvalue weighted by molar-refractivity contribution is 6.33. The molecule has 0 fully saturated rings. The van der Waals surface area contributed by atoms with E-state index in [2.05, 4.69) is 0 Å². The molecule has 0 aliphatic carbocycles. The van der Waals surface area contributed by atoms with Crippen molar-refractivity contribution in [3.8, 4) is 0 Å². The van der Waals surface area contributed by atoms with Crippen LogP contribution in [0.2, 0.25) is 10.0 Å². The van der Waals surface area contributed by atoms with Gasteiger partial charge in [-0.1, -0.05) is 30.1 Å². The van der Waals surface area contributed by atoms with Crippen LogP contribution < -0.4 is 0 Å². The molecule has 1 aromatic rings. The van der Waals surface area contributed by atoms with Crippen molar-refractivity contribution in [3.63, 3.8) is 0 Å². The highest BCUT2D eigenvalue weighted by Crippen LogP contribution is 2.22. The summed E-state index contributed by atoms with van der Waals surface area (Å²) >= 11 is 11.7. The molecule has 0 bridgehead atoms. The van der Waals surface area contributed by atoms with Crippen molar-refractivity contribution in [2.45, 2.75) is 13.3 Å². The Kier molecular flexibility index (Phi) is 3.76. The average molecular weight is 217 g/mol. The van der Waals surface area contributed by atoms with Gasteiger partial charge in [0.1, 0.15) is 6.29 Å². The lowest BCUT2D eigenvalue weighted by atomic mass is 10.0. The molecule has 0 spiro atoms. The quantitative estimate of drug-likeness (QED) is 0.709. The van der Waals surface area contributed by atoms with E-state index < -0.39 is 0 Å². The van der Waals surface area contributed by atoms with Gasteiger partial charge in [0, 0.05) is 16.0 Å². The average Bonchev–Trinajstić information content (AvgIpc) is 2.11. The molecule has 0 heterocycles. The van der Waals surface area contributed by atoms with Crippen LogP contribution in [0.5, 0.6) is 0 Å². The lowest BCUT2D eigenvalue weighted by Gasteiger charge is -2.06. The van der Waals surface area contributed by atoms with Crippen LogP contribution >= 0.6 is 23.2 Å². The van der Waals surface area contributed by atoms with Gasteiger partial charge in [-0.3, -0.25) is 0 Å². The topological polar surface area (TPSA) is 17.1 Å². The normalized spacial score (nSPS) is 12.5. The van der Waals surface area contributed by atoms with Gasteiger partial charge >= 0.3 is 0 Å². The summed E-state index contributed by atoms with van der Waals surface area (Å²) < 4.78 is 0. The fraction of sp³-hybridized carbons (Fsp3) is 0.300. The summed E-state index contributed by atoms with van der Waals surface area (Å²) in [5, 5.41) is 1.32. The van der Waals surface area contributed by atoms with E-state index in [4.69, 9.17) is 23.2 Å². The van der Waals surface area contributed by atoms with Crippen LogP contribution in [0.25, 0.3) is 0 Å². The van der Waals surface area contributed by atoms with Crippen LogP contribution in [0.4, 0.5) is 0 Å². The van der Waals surface area contributed by atoms with E-state index in [1.54, 1.807) is 18.2 Å². The van der Waals surface area contributed by atoms with Crippen molar-refractivity contribution in [1.82, 2.24) is 0 Å². The summed E-state index contributed by atoms with van der Waals surface area (Å²) in [7, 11) is 0. The van der Waals surface area contributed by atoms with Gasteiger partial charge in [-0.25, -0.2) is 0 Å². The molecule has 3 heteroatoms. The van der Waals surface area contributed by atoms with Crippen molar-refractivity contribution >= 4 is 29.5 Å². The Morgan fingerprint density at radius 2 is 2.15 bits per heavy atom. The zero-order valence-corrected chi connectivity index (χ0v) is 8.77. The number of hydrogen-bond donors (Lipinski definition) is 0. The maximum atomic E-state index is 10.4. The monoisotopic (exact) mass is 216 g/mol. The van der Waals surface area contributed by atoms with Crippen LogP contribution in [0.15, 0.2) is 18.2 Å². The highest BCUT2D eigenvalue weighted by atomic mass is 35.5. The number of aldehydes is 1. The maximum absolute atomic E-state index is 10.4. The van der Waals surface area contributed by atoms with E-state index in [0.29, 0.717) is 16.5 Å². The summed E-state index contributed by atoms with van der Waals surface area (Å²) in [6.45, 7) is 1.85. The Morgan fingerprint density at radius 1 is 1.46 bits per heavy atom. The first kappa shape index (κ1) is 10.6. The Balaban J connectivity index is 2.86. The molecule has 0 aliphatic rings. The molecular formula is C10H10Cl2O. The number of halogens is 2. The van der Waals surface area contributed by atoms with Crippen LogP contribution in [0.3, 0.4) is 0 Å². The van der Waals surface area contributed by atoms with Crippen molar-refractivity contribution in [2.24, 2.45) is 5.92 Å². The third kappa shape index (κ3) is 3.02. The number of carbonyl (C=O) groups is 1. The second-order valence-corrected chi connectivity index (χ2v) is 3.90. The zero-order valence-electron chi connectivity index (χ0n) is 7.26. The van der Waals surface area contributed by atoms with Gasteiger partial charge in [0.25, 0.3) is 0 Å². The molecule has 1 nitrogen and oxygen atoms in total. The Labute approximate surface area is 87.7 Å². The standard InChI is InChI=1S/C10H10Cl2O/c1-7(6-13)4-8-5-9(11)2-3-10(8)12/h2-3,5-7H,4H2,1H3. The van der Waals surface area contributed by atoms with Gasteiger partial charge in [-0.2, -0.15) is 0 Å². The van der Waals surface area contributed by atoms with Crippen LogP contribution in [0.1, 0.15) is 12.5 Å². The Bertz CT molecular complexity index is 310. The van der Waals surface area contributed by atoms with E-state index in [1.807, 2.05) is 6.92 Å². The molecule has 0 amide bonds. The zero-order chi connectivity index (χ0) is 9.84. The molecule has 1 unspecified atom stereocenters. The van der Waals surface area contributed by atoms with Crippen LogP contribution in [0, 0.1) is 5.92 Å². The summed E-state index contributed by atoms with van der Waals surface area (Å²) in [6.07, 6.45) is 1.56. The predicted octanol–water partition coefficient (Wildman–Crippen LogP) is 3.37. The molecule has 0 saturated carbocycles. The molecule has 0 aromatic heterocycles. The first-order chi connectivity index (χ1) is 6.13. The largest absolute Gasteiger partial charge is 0.303 e. The van der Waals surface area contributed by atoms with Gasteiger partial charge in [0.15, 0.2) is 0 Å². The van der Waals surface area contributed by atoms with Gasteiger partial charge < -0.3 is 4.79 Å². The van der Waals surface area contributed by atoms with Gasteiger partial charge in [-0.05, 0) is 30.2 Å². The lowest BCUT2D eigenvalue weighted by molar-refractivity contribution is -0.110. The highest BCUT2D eigenvalue weighted by Gasteiger charge is 2.06. The van der Waals surface area contributed by atoms with E-state index in [-0.39, 0.29) is 5.92 Å². The smallest absolute Gasteiger partial charge is 0.123 e. The Morgan fingerprint density at radius 3 is 2.77 bits per heavy atom. The fourth-order valence-electron chi connectivity index (χ4n) is 1.09. The number of hydrogen-bond acceptors (Lipinski definition) is 1. The predicted molar refractivity (Wildman–Crippen MR) is 55.4 cm³/mol. The Hall–Kier alpha value is -0.530. The second-order valence-electron chi connectivity index (χ2n) is 3.05. The van der Waals surface area contributed by atoms with Gasteiger partial charge in [0.05, 0.1) is 0 Å². The van der Waals surface area contributed by atoms with Crippen LogP contribution in [-0.4, -0.2) is 6.29 Å². The summed E-state index contributed by atoms with van der Waals surface area (Å²) in [5.74, 6) is -0.0176. The second kappa shape index (κ2) is 4.64. The summed E-state index contributed by atoms with van der Waals surface area (Å²) in [6, 6.07) is 5.28. The van der Waals surface area contributed by atoms with Crippen molar-refractivity contribution in [3.05, 3.63) is 33.8 Å². The SMILES string of the molecule is CC(C=O)Cc1cc(Cl)ccc1Cl. The molecule has 0 radical (unpaired) electrons. The van der Waals surface area contributed by atoms with Crippen molar-refractivity contribution in [1.29, 1.82) is 0 Å². The lowest BCUT2D eigenvalue weighted by Crippen LogP contribution is -2.00. The molecule has 0 saturated heterocycles. The van der Waals surface area contributed by atoms with E-state index in [0.717, 1.165) is 11.8 Å². The van der Waals surface area contributed by atoms with Crippen LogP contribution in [-0.2, 0) is 11.2 Å². The van der Waals surface area contributed by atoms with E-state index in [9.17, 15) is 4.79 Å². The minimum absolute atomic E-state index is 0.0176. The number of rotatable bonds is 3. The molecule has 70 valence electrons. The molecular weight excluding hydrogens is 207 g/mol. The molecule has 1 aromatic carbocycles. The third-order valence-corrected chi connectivity index (χ3v) is 2.39. The minimum atomic E-state index is -0.0176. The van der Waals surface area contributed by atoms with Crippen molar-refractivity contribution < 1.29 is 4.79 Å². The molecule has 1 rings (SSSR count). The van der Waals surface area contributed by atoms with Gasteiger partial charge in [-0.15, -0.1) is 0 Å². The molecule has 1 atom stereocenters. The maximum Gasteiger partial charge on any atom is 0.123 e. The van der Waals surface area contributed by atoms with E-state index >= 15 is 0 Å².